The molecule has 1 saturated heterocycles. The van der Waals surface area contributed by atoms with Crippen LogP contribution in [-0.2, 0) is 33.5 Å². The zero-order valence-corrected chi connectivity index (χ0v) is 21.0. The maximum absolute atomic E-state index is 13.4. The van der Waals surface area contributed by atoms with Crippen LogP contribution >= 0.6 is 7.60 Å². The van der Waals surface area contributed by atoms with Crippen LogP contribution in [0.3, 0.4) is 0 Å². The molecule has 0 amide bonds. The summed E-state index contributed by atoms with van der Waals surface area (Å²) in [6.07, 6.45) is 5.56. The first kappa shape index (κ1) is 26.8. The second-order valence-corrected chi connectivity index (χ2v) is 11.3. The van der Waals surface area contributed by atoms with Crippen molar-refractivity contribution in [3.05, 3.63) is 33.1 Å². The zero-order valence-electron chi connectivity index (χ0n) is 20.1. The van der Waals surface area contributed by atoms with Crippen LogP contribution in [0.1, 0.15) is 52.4 Å². The summed E-state index contributed by atoms with van der Waals surface area (Å²) < 4.78 is 37.0. The van der Waals surface area contributed by atoms with Gasteiger partial charge < -0.3 is 24.3 Å². The second-order valence-electron chi connectivity index (χ2n) is 9.25. The first-order chi connectivity index (χ1) is 16.1. The predicted octanol–water partition coefficient (Wildman–Crippen LogP) is 1.94. The minimum absolute atomic E-state index is 0.00667. The molecule has 2 aliphatic rings. The van der Waals surface area contributed by atoms with Crippen LogP contribution in [-0.4, -0.2) is 54.2 Å². The van der Waals surface area contributed by atoms with Crippen molar-refractivity contribution in [2.45, 2.75) is 70.2 Å². The van der Waals surface area contributed by atoms with Gasteiger partial charge in [0.15, 0.2) is 0 Å². The highest BCUT2D eigenvalue weighted by Crippen LogP contribution is 2.55. The number of esters is 1. The second kappa shape index (κ2) is 11.3. The highest BCUT2D eigenvalue weighted by Gasteiger charge is 2.48. The molecule has 2 unspecified atom stereocenters. The third-order valence-corrected chi connectivity index (χ3v) is 8.83. The van der Waals surface area contributed by atoms with Crippen LogP contribution in [0.4, 0.5) is 0 Å². The number of methoxy groups -OCH3 is 1. The number of ether oxygens (including phenoxy) is 2. The van der Waals surface area contributed by atoms with Crippen LogP contribution in [0.2, 0.25) is 0 Å². The molecule has 12 heteroatoms. The standard InChI is InChI=1S/C22H36N3O8P/c1-4-15(20(27)33-16-7-5-6-8-16)10-12-31-34(29)14-17(18(30-3)13-32-34)22(2,23)25-11-9-19(26)24-21(25)28/h9,11,15-18H,4-8,10,12-14,23H2,1-3H3,(H,24,26,28)/t15?,17-,18-,22+,34?/m1/s1. The summed E-state index contributed by atoms with van der Waals surface area (Å²) in [5, 5.41) is 0. The summed E-state index contributed by atoms with van der Waals surface area (Å²) in [4.78, 5) is 38.5. The molecule has 2 fully saturated rings. The smallest absolute Gasteiger partial charge is 0.331 e. The van der Waals surface area contributed by atoms with E-state index in [1.807, 2.05) is 6.92 Å². The lowest BCUT2D eigenvalue weighted by atomic mass is 9.90. The summed E-state index contributed by atoms with van der Waals surface area (Å²) >= 11 is 0. The Kier molecular flexibility index (Phi) is 8.92. The molecule has 1 aliphatic heterocycles. The number of nitrogens with zero attached hydrogens (tertiary/aromatic N) is 1. The number of nitrogens with one attached hydrogen (secondary N) is 1. The first-order valence-corrected chi connectivity index (χ1v) is 13.5. The van der Waals surface area contributed by atoms with Crippen molar-refractivity contribution in [3.63, 3.8) is 0 Å². The van der Waals surface area contributed by atoms with E-state index in [4.69, 9.17) is 24.3 Å². The van der Waals surface area contributed by atoms with Crippen LogP contribution in [0.25, 0.3) is 0 Å². The van der Waals surface area contributed by atoms with Crippen molar-refractivity contribution in [1.82, 2.24) is 9.55 Å². The van der Waals surface area contributed by atoms with Gasteiger partial charge >= 0.3 is 19.3 Å². The molecular formula is C22H36N3O8P. The number of aromatic nitrogens is 2. The van der Waals surface area contributed by atoms with Crippen LogP contribution < -0.4 is 17.0 Å². The van der Waals surface area contributed by atoms with E-state index in [-0.39, 0.29) is 37.4 Å². The third-order valence-electron chi connectivity index (χ3n) is 6.87. The molecule has 5 atom stereocenters. The Labute approximate surface area is 198 Å². The SMILES string of the molecule is CCC(CCOP1(=O)C[C@@H]([C@@](C)(N)n2ccc(=O)[nH]c2=O)[C@H](OC)CO1)C(=O)OC1CCCC1. The average molecular weight is 502 g/mol. The van der Waals surface area contributed by atoms with E-state index in [1.165, 1.54) is 23.9 Å². The van der Waals surface area contributed by atoms with Crippen molar-refractivity contribution < 1.29 is 27.9 Å². The third kappa shape index (κ3) is 6.26. The molecule has 11 nitrogen and oxygen atoms in total. The van der Waals surface area contributed by atoms with Gasteiger partial charge in [-0.25, -0.2) is 4.79 Å². The predicted molar refractivity (Wildman–Crippen MR) is 125 cm³/mol. The van der Waals surface area contributed by atoms with E-state index < -0.39 is 36.5 Å². The van der Waals surface area contributed by atoms with Crippen molar-refractivity contribution in [2.75, 3.05) is 26.5 Å². The fraction of sp³-hybridized carbons (Fsp3) is 0.773. The Bertz CT molecular complexity index is 1000. The highest BCUT2D eigenvalue weighted by atomic mass is 31.2. The van der Waals surface area contributed by atoms with Gasteiger partial charge in [0.1, 0.15) is 11.8 Å². The molecule has 1 saturated carbocycles. The van der Waals surface area contributed by atoms with Gasteiger partial charge in [0.05, 0.1) is 31.4 Å². The van der Waals surface area contributed by atoms with Crippen molar-refractivity contribution in [2.24, 2.45) is 17.6 Å². The lowest BCUT2D eigenvalue weighted by Crippen LogP contribution is -2.59. The van der Waals surface area contributed by atoms with Crippen LogP contribution in [0, 0.1) is 11.8 Å². The summed E-state index contributed by atoms with van der Waals surface area (Å²) in [6, 6.07) is 1.19. The topological polar surface area (TPSA) is 152 Å². The van der Waals surface area contributed by atoms with Gasteiger partial charge in [-0.1, -0.05) is 6.92 Å². The Hall–Kier alpha value is -1.78. The number of hydrogen-bond donors (Lipinski definition) is 2. The molecule has 2 heterocycles. The minimum Gasteiger partial charge on any atom is -0.462 e. The molecule has 1 aromatic heterocycles. The van der Waals surface area contributed by atoms with E-state index in [0.29, 0.717) is 12.8 Å². The van der Waals surface area contributed by atoms with Gasteiger partial charge in [-0.05, 0) is 45.4 Å². The summed E-state index contributed by atoms with van der Waals surface area (Å²) in [5.41, 5.74) is 3.97. The molecule has 0 spiro atoms. The Morgan fingerprint density at radius 1 is 1.38 bits per heavy atom. The molecule has 1 aliphatic carbocycles. The van der Waals surface area contributed by atoms with Crippen LogP contribution in [0.15, 0.2) is 21.9 Å². The maximum atomic E-state index is 13.4. The highest BCUT2D eigenvalue weighted by molar-refractivity contribution is 7.53. The summed E-state index contributed by atoms with van der Waals surface area (Å²) in [7, 11) is -2.11. The molecule has 0 bridgehead atoms. The average Bonchev–Trinajstić information content (AvgIpc) is 3.29. The molecule has 1 aromatic rings. The summed E-state index contributed by atoms with van der Waals surface area (Å²) in [5.74, 6) is -1.21. The molecule has 192 valence electrons. The quantitative estimate of drug-likeness (QED) is 0.362. The molecule has 3 rings (SSSR count). The number of nitrogens with two attached hydrogens (primary N) is 1. The molecular weight excluding hydrogens is 465 g/mol. The van der Waals surface area contributed by atoms with E-state index >= 15 is 0 Å². The van der Waals surface area contributed by atoms with E-state index in [0.717, 1.165) is 25.7 Å². The van der Waals surface area contributed by atoms with E-state index in [2.05, 4.69) is 4.98 Å². The van der Waals surface area contributed by atoms with Gasteiger partial charge in [-0.2, -0.15) is 0 Å². The monoisotopic (exact) mass is 501 g/mol. The minimum atomic E-state index is -3.59. The maximum Gasteiger partial charge on any atom is 0.331 e. The number of H-pyrrole nitrogens is 1. The molecule has 0 aromatic carbocycles. The van der Waals surface area contributed by atoms with Gasteiger partial charge in [-0.3, -0.25) is 23.7 Å². The number of carbonyl (C=O) groups excluding carboxylic acids is 1. The van der Waals surface area contributed by atoms with Crippen molar-refractivity contribution in [3.8, 4) is 0 Å². The fourth-order valence-electron chi connectivity index (χ4n) is 4.66. The number of rotatable bonds is 10. The van der Waals surface area contributed by atoms with Crippen molar-refractivity contribution in [1.29, 1.82) is 0 Å². The van der Waals surface area contributed by atoms with Gasteiger partial charge in [0, 0.05) is 25.3 Å². The number of aromatic amines is 1. The van der Waals surface area contributed by atoms with E-state index in [1.54, 1.807) is 6.92 Å². The number of hydrogen-bond acceptors (Lipinski definition) is 9. The normalized spacial score (nSPS) is 28.4. The van der Waals surface area contributed by atoms with Gasteiger partial charge in [0.25, 0.3) is 5.56 Å². The lowest BCUT2D eigenvalue weighted by Gasteiger charge is -2.43. The Morgan fingerprint density at radius 2 is 2.09 bits per heavy atom. The van der Waals surface area contributed by atoms with Gasteiger partial charge in [-0.15, -0.1) is 0 Å². The van der Waals surface area contributed by atoms with Crippen molar-refractivity contribution >= 4 is 13.6 Å². The van der Waals surface area contributed by atoms with E-state index in [9.17, 15) is 18.9 Å². The molecule has 0 radical (unpaired) electrons. The van der Waals surface area contributed by atoms with Crippen LogP contribution in [0.5, 0.6) is 0 Å². The summed E-state index contributed by atoms with van der Waals surface area (Å²) in [6.45, 7) is 3.52. The molecule has 34 heavy (non-hydrogen) atoms. The lowest BCUT2D eigenvalue weighted by molar-refractivity contribution is -0.154. The fourth-order valence-corrected chi connectivity index (χ4v) is 6.79. The Balaban J connectivity index is 1.65. The largest absolute Gasteiger partial charge is 0.462 e. The van der Waals surface area contributed by atoms with Gasteiger partial charge in [0.2, 0.25) is 0 Å². The first-order valence-electron chi connectivity index (χ1n) is 11.8. The Morgan fingerprint density at radius 3 is 2.71 bits per heavy atom. The zero-order chi connectivity index (χ0) is 24.9. The number of carbonyl (C=O) groups is 1. The molecule has 3 N–H and O–H groups in total.